The molecule has 2 N–H and O–H groups in total. The predicted octanol–water partition coefficient (Wildman–Crippen LogP) is 7.88. The molecule has 0 unspecified atom stereocenters. The number of rotatable bonds is 15. The van der Waals surface area contributed by atoms with Crippen LogP contribution in [0.1, 0.15) is 86.3 Å². The summed E-state index contributed by atoms with van der Waals surface area (Å²) in [5.74, 6) is -0.982. The highest BCUT2D eigenvalue weighted by molar-refractivity contribution is 7.14. The molecule has 51 heavy (non-hydrogen) atoms. The fraction of sp³-hybridized carbons (Fsp3) is 0.425. The molecular weight excluding hydrogens is 668 g/mol. The molecule has 2 aromatic carbocycles. The van der Waals surface area contributed by atoms with Gasteiger partial charge in [-0.1, -0.05) is 89.8 Å². The number of thiophene rings is 1. The molecule has 1 aliphatic rings. The zero-order valence-electron chi connectivity index (χ0n) is 29.7. The molecule has 4 aromatic rings. The van der Waals surface area contributed by atoms with E-state index in [1.165, 1.54) is 37.0 Å². The lowest BCUT2D eigenvalue weighted by Crippen LogP contribution is -2.52. The molecule has 3 atom stereocenters. The van der Waals surface area contributed by atoms with Gasteiger partial charge in [0.15, 0.2) is 5.82 Å². The van der Waals surface area contributed by atoms with Crippen LogP contribution in [0, 0.1) is 0 Å². The summed E-state index contributed by atoms with van der Waals surface area (Å²) in [6, 6.07) is 16.4. The summed E-state index contributed by atoms with van der Waals surface area (Å²) < 4.78 is 20.2. The molecule has 0 radical (unpaired) electrons. The van der Waals surface area contributed by atoms with Gasteiger partial charge in [0.25, 0.3) is 5.91 Å². The Balaban J connectivity index is 1.26. The van der Waals surface area contributed by atoms with E-state index in [0.29, 0.717) is 17.3 Å². The minimum atomic E-state index is -1.45. The third-order valence-corrected chi connectivity index (χ3v) is 10.5. The maximum Gasteiger partial charge on any atom is 0.326 e. The number of hydrogen-bond donors (Lipinski definition) is 2. The second-order valence-corrected chi connectivity index (χ2v) is 15.2. The number of amides is 2. The second kappa shape index (κ2) is 17.0. The maximum atomic E-state index is 14.3. The number of carboxylic acids is 1. The Labute approximate surface area is 303 Å². The number of nitrogens with zero attached hydrogens (tertiary/aromatic N) is 3. The first kappa shape index (κ1) is 37.6. The molecule has 0 aliphatic carbocycles. The van der Waals surface area contributed by atoms with Crippen LogP contribution in [0.4, 0.5) is 4.39 Å². The van der Waals surface area contributed by atoms with Crippen LogP contribution in [-0.4, -0.2) is 69.2 Å². The van der Waals surface area contributed by atoms with Crippen molar-refractivity contribution in [2.24, 2.45) is 0 Å². The van der Waals surface area contributed by atoms with Crippen molar-refractivity contribution in [1.29, 1.82) is 0 Å². The van der Waals surface area contributed by atoms with Crippen molar-refractivity contribution in [3.63, 3.8) is 0 Å². The Hall–Kier alpha value is -4.64. The van der Waals surface area contributed by atoms with E-state index in [1.54, 1.807) is 18.5 Å². The van der Waals surface area contributed by atoms with Gasteiger partial charge in [-0.15, -0.1) is 11.3 Å². The number of likely N-dealkylation sites (tertiary alicyclic amines) is 1. The first-order chi connectivity index (χ1) is 24.4. The fourth-order valence-electron chi connectivity index (χ4n) is 6.05. The number of unbranched alkanes of at least 4 members (excludes halogenated alkanes) is 4. The number of benzene rings is 2. The van der Waals surface area contributed by atoms with E-state index in [4.69, 9.17) is 4.74 Å². The largest absolute Gasteiger partial charge is 0.494 e. The summed E-state index contributed by atoms with van der Waals surface area (Å²) in [6.07, 6.45) is 7.85. The molecule has 0 spiro atoms. The Bertz CT molecular complexity index is 1770. The number of ether oxygens (including phenoxy) is 1. The average molecular weight is 715 g/mol. The third-order valence-electron chi connectivity index (χ3n) is 9.00. The lowest BCUT2D eigenvalue weighted by molar-refractivity contribution is -0.148. The van der Waals surface area contributed by atoms with Gasteiger partial charge in [-0.2, -0.15) is 0 Å². The van der Waals surface area contributed by atoms with Crippen LogP contribution in [0.5, 0.6) is 5.75 Å². The smallest absolute Gasteiger partial charge is 0.326 e. The third kappa shape index (κ3) is 10.00. The van der Waals surface area contributed by atoms with Crippen LogP contribution < -0.4 is 10.1 Å². The Kier molecular flexibility index (Phi) is 12.6. The van der Waals surface area contributed by atoms with Gasteiger partial charge in [0.05, 0.1) is 18.0 Å². The van der Waals surface area contributed by atoms with Gasteiger partial charge >= 0.3 is 5.97 Å². The van der Waals surface area contributed by atoms with Crippen molar-refractivity contribution < 1.29 is 28.6 Å². The van der Waals surface area contributed by atoms with E-state index >= 15 is 0 Å². The first-order valence-electron chi connectivity index (χ1n) is 17.7. The highest BCUT2D eigenvalue weighted by Gasteiger charge is 2.42. The molecule has 3 heterocycles. The number of hydrogen-bond acceptors (Lipinski definition) is 7. The zero-order chi connectivity index (χ0) is 36.5. The summed E-state index contributed by atoms with van der Waals surface area (Å²) in [7, 11) is 0. The minimum absolute atomic E-state index is 0.0838. The van der Waals surface area contributed by atoms with Crippen LogP contribution in [0.2, 0.25) is 0 Å². The zero-order valence-corrected chi connectivity index (χ0v) is 30.5. The molecule has 1 fully saturated rings. The second-order valence-electron chi connectivity index (χ2n) is 14.1. The molecule has 2 aromatic heterocycles. The number of aromatic nitrogens is 2. The normalized spacial score (nSPS) is 16.5. The number of carbonyl (C=O) groups excluding carboxylic acids is 2. The molecule has 9 nitrogen and oxygen atoms in total. The SMILES string of the molecule is CCCCCCCOc1ccc(-c2cnc(-c3ccc(C[C@H](NC(=O)c4ccc(C(C)(C)C)s4)C(=O)N4C[C@@H](F)C[C@@H]4C(=O)O)cc3)nc2)cc1. The van der Waals surface area contributed by atoms with Crippen molar-refractivity contribution in [2.75, 3.05) is 13.2 Å². The molecular formula is C40H47FN4O5S. The maximum absolute atomic E-state index is 14.3. The van der Waals surface area contributed by atoms with Crippen molar-refractivity contribution in [3.8, 4) is 28.3 Å². The monoisotopic (exact) mass is 714 g/mol. The van der Waals surface area contributed by atoms with Gasteiger partial charge in [0, 0.05) is 41.2 Å². The Morgan fingerprint density at radius 1 is 0.941 bits per heavy atom. The Morgan fingerprint density at radius 3 is 2.24 bits per heavy atom. The van der Waals surface area contributed by atoms with E-state index in [1.807, 2.05) is 75.4 Å². The lowest BCUT2D eigenvalue weighted by Gasteiger charge is -2.27. The molecule has 0 saturated carbocycles. The highest BCUT2D eigenvalue weighted by Crippen LogP contribution is 2.30. The Morgan fingerprint density at radius 2 is 1.61 bits per heavy atom. The summed E-state index contributed by atoms with van der Waals surface area (Å²) in [6.45, 7) is 8.73. The van der Waals surface area contributed by atoms with Crippen molar-refractivity contribution >= 4 is 29.1 Å². The van der Waals surface area contributed by atoms with Gasteiger partial charge in [0.1, 0.15) is 24.0 Å². The lowest BCUT2D eigenvalue weighted by atomic mass is 9.95. The summed E-state index contributed by atoms with van der Waals surface area (Å²) in [5, 5.41) is 12.5. The topological polar surface area (TPSA) is 122 Å². The van der Waals surface area contributed by atoms with Gasteiger partial charge in [-0.25, -0.2) is 19.2 Å². The molecule has 1 saturated heterocycles. The summed E-state index contributed by atoms with van der Waals surface area (Å²) in [4.78, 5) is 50.6. The predicted molar refractivity (Wildman–Crippen MR) is 198 cm³/mol. The van der Waals surface area contributed by atoms with E-state index in [2.05, 4.69) is 22.2 Å². The van der Waals surface area contributed by atoms with Crippen molar-refractivity contribution in [2.45, 2.75) is 96.3 Å². The summed E-state index contributed by atoms with van der Waals surface area (Å²) in [5.41, 5.74) is 3.18. The number of aliphatic carboxylic acids is 1. The number of carboxylic acid groups (broad SMARTS) is 1. The van der Waals surface area contributed by atoms with Gasteiger partial charge in [-0.3, -0.25) is 9.59 Å². The molecule has 5 rings (SSSR count). The van der Waals surface area contributed by atoms with Gasteiger partial charge in [-0.05, 0) is 47.2 Å². The van der Waals surface area contributed by atoms with Gasteiger partial charge < -0.3 is 20.1 Å². The molecule has 0 bridgehead atoms. The van der Waals surface area contributed by atoms with E-state index in [-0.39, 0.29) is 24.8 Å². The van der Waals surface area contributed by atoms with E-state index in [0.717, 1.165) is 44.2 Å². The van der Waals surface area contributed by atoms with Crippen LogP contribution >= 0.6 is 11.3 Å². The highest BCUT2D eigenvalue weighted by atomic mass is 32.1. The summed E-state index contributed by atoms with van der Waals surface area (Å²) >= 11 is 1.34. The van der Waals surface area contributed by atoms with E-state index < -0.39 is 36.0 Å². The van der Waals surface area contributed by atoms with Crippen LogP contribution in [-0.2, 0) is 21.4 Å². The molecule has 270 valence electrons. The quantitative estimate of drug-likeness (QED) is 0.120. The van der Waals surface area contributed by atoms with Crippen molar-refractivity contribution in [1.82, 2.24) is 20.2 Å². The van der Waals surface area contributed by atoms with Crippen LogP contribution in [0.3, 0.4) is 0 Å². The van der Waals surface area contributed by atoms with E-state index in [9.17, 15) is 23.9 Å². The standard InChI is InChI=1S/C40H47FN4O5S/c1-5-6-7-8-9-20-50-31-16-14-27(15-17-31)29-23-42-36(43-24-29)28-12-10-26(11-13-28)21-32(38(47)45-25-30(41)22-33(45)39(48)49)44-37(46)34-18-19-35(51-34)40(2,3)4/h10-19,23-24,30,32-33H,5-9,20-22,25H2,1-4H3,(H,44,46)(H,48,49)/t30-,32-,33+/m0/s1. The number of halogens is 1. The number of alkyl halides is 1. The van der Waals surface area contributed by atoms with Crippen LogP contribution in [0.15, 0.2) is 73.1 Å². The molecule has 11 heteroatoms. The first-order valence-corrected chi connectivity index (χ1v) is 18.5. The van der Waals surface area contributed by atoms with Crippen LogP contribution in [0.25, 0.3) is 22.5 Å². The minimum Gasteiger partial charge on any atom is -0.494 e. The fourth-order valence-corrected chi connectivity index (χ4v) is 7.01. The molecule has 1 aliphatic heterocycles. The average Bonchev–Trinajstić information content (AvgIpc) is 3.78. The van der Waals surface area contributed by atoms with Crippen molar-refractivity contribution in [3.05, 3.63) is 88.4 Å². The molecule has 2 amide bonds. The number of nitrogens with one attached hydrogen (secondary N) is 1. The number of carbonyl (C=O) groups is 3. The van der Waals surface area contributed by atoms with Gasteiger partial charge in [0.2, 0.25) is 5.91 Å².